The fraction of sp³-hybridized carbons (Fsp3) is 0.308. The zero-order valence-electron chi connectivity index (χ0n) is 9.28. The molecule has 0 radical (unpaired) electrons. The number of anilines is 1. The first-order valence-corrected chi connectivity index (χ1v) is 5.97. The second-order valence-corrected chi connectivity index (χ2v) is 4.39. The van der Waals surface area contributed by atoms with E-state index in [4.69, 9.17) is 11.6 Å². The fourth-order valence-corrected chi connectivity index (χ4v) is 1.60. The zero-order valence-corrected chi connectivity index (χ0v) is 10.0. The van der Waals surface area contributed by atoms with Crippen molar-refractivity contribution in [3.05, 3.63) is 36.4 Å². The number of benzene rings is 1. The number of rotatable bonds is 4. The molecule has 0 saturated heterocycles. The predicted molar refractivity (Wildman–Crippen MR) is 70.2 cm³/mol. The van der Waals surface area contributed by atoms with E-state index in [1.54, 1.807) is 0 Å². The van der Waals surface area contributed by atoms with Crippen LogP contribution in [0.3, 0.4) is 0 Å². The molecular weight excluding hydrogens is 220 g/mol. The summed E-state index contributed by atoms with van der Waals surface area (Å²) in [5.41, 5.74) is 1.01. The van der Waals surface area contributed by atoms with E-state index < -0.39 is 0 Å². The van der Waals surface area contributed by atoms with Crippen molar-refractivity contribution in [1.29, 1.82) is 0 Å². The van der Waals surface area contributed by atoms with Gasteiger partial charge >= 0.3 is 0 Å². The highest BCUT2D eigenvalue weighted by Gasteiger charge is 2.02. The third-order valence-electron chi connectivity index (χ3n) is 2.55. The van der Waals surface area contributed by atoms with Crippen molar-refractivity contribution in [3.8, 4) is 0 Å². The van der Waals surface area contributed by atoms with Gasteiger partial charge in [-0.25, -0.2) is 4.98 Å². The molecule has 84 valence electrons. The molecule has 0 amide bonds. The minimum absolute atomic E-state index is 0.160. The van der Waals surface area contributed by atoms with Gasteiger partial charge in [-0.15, -0.1) is 11.6 Å². The quantitative estimate of drug-likeness (QED) is 0.817. The second-order valence-electron chi connectivity index (χ2n) is 3.78. The number of halogens is 1. The Morgan fingerprint density at radius 3 is 2.88 bits per heavy atom. The minimum atomic E-state index is 0.160. The number of alkyl halides is 1. The van der Waals surface area contributed by atoms with Gasteiger partial charge < -0.3 is 5.32 Å². The number of nitrogens with zero attached hydrogens (tertiary/aromatic N) is 1. The first-order valence-electron chi connectivity index (χ1n) is 5.53. The largest absolute Gasteiger partial charge is 0.369 e. The molecule has 0 bridgehead atoms. The number of para-hydroxylation sites is 1. The third kappa shape index (κ3) is 2.64. The van der Waals surface area contributed by atoms with Crippen LogP contribution < -0.4 is 5.32 Å². The van der Waals surface area contributed by atoms with Crippen LogP contribution in [0.15, 0.2) is 36.4 Å². The van der Waals surface area contributed by atoms with Crippen LogP contribution in [0.1, 0.15) is 13.3 Å². The maximum atomic E-state index is 6.04. The topological polar surface area (TPSA) is 24.9 Å². The highest BCUT2D eigenvalue weighted by molar-refractivity contribution is 6.20. The second kappa shape index (κ2) is 5.17. The average molecular weight is 235 g/mol. The van der Waals surface area contributed by atoms with E-state index in [1.165, 1.54) is 0 Å². The lowest BCUT2D eigenvalue weighted by atomic mass is 10.2. The average Bonchev–Trinajstić information content (AvgIpc) is 2.35. The van der Waals surface area contributed by atoms with Crippen molar-refractivity contribution >= 4 is 28.3 Å². The van der Waals surface area contributed by atoms with Crippen LogP contribution in [-0.4, -0.2) is 16.9 Å². The van der Waals surface area contributed by atoms with Crippen molar-refractivity contribution in [1.82, 2.24) is 4.98 Å². The molecule has 0 aliphatic carbocycles. The molecule has 1 atom stereocenters. The van der Waals surface area contributed by atoms with Crippen LogP contribution in [-0.2, 0) is 0 Å². The van der Waals surface area contributed by atoms with Crippen LogP contribution in [0.5, 0.6) is 0 Å². The minimum Gasteiger partial charge on any atom is -0.369 e. The predicted octanol–water partition coefficient (Wildman–Crippen LogP) is 3.66. The Morgan fingerprint density at radius 2 is 2.06 bits per heavy atom. The molecule has 2 rings (SSSR count). The van der Waals surface area contributed by atoms with Crippen molar-refractivity contribution in [2.75, 3.05) is 11.9 Å². The SMILES string of the molecule is CCC(Cl)CNc1ccc2ccccc2n1. The van der Waals surface area contributed by atoms with Gasteiger partial charge in [-0.05, 0) is 24.6 Å². The summed E-state index contributed by atoms with van der Waals surface area (Å²) in [5.74, 6) is 0.887. The monoisotopic (exact) mass is 234 g/mol. The Bertz CT molecular complexity index is 470. The van der Waals surface area contributed by atoms with Gasteiger partial charge in [0.25, 0.3) is 0 Å². The van der Waals surface area contributed by atoms with E-state index in [0.29, 0.717) is 0 Å². The Labute approximate surface area is 101 Å². The van der Waals surface area contributed by atoms with E-state index in [1.807, 2.05) is 24.3 Å². The van der Waals surface area contributed by atoms with Crippen LogP contribution in [0.2, 0.25) is 0 Å². The van der Waals surface area contributed by atoms with E-state index in [2.05, 4.69) is 29.4 Å². The van der Waals surface area contributed by atoms with E-state index in [-0.39, 0.29) is 5.38 Å². The number of hydrogen-bond donors (Lipinski definition) is 1. The smallest absolute Gasteiger partial charge is 0.126 e. The standard InChI is InChI=1S/C13H15ClN2/c1-2-11(14)9-15-13-8-7-10-5-3-4-6-12(10)16-13/h3-8,11H,2,9H2,1H3,(H,15,16). The van der Waals surface area contributed by atoms with E-state index in [9.17, 15) is 0 Å². The van der Waals surface area contributed by atoms with E-state index >= 15 is 0 Å². The summed E-state index contributed by atoms with van der Waals surface area (Å²) in [7, 11) is 0. The van der Waals surface area contributed by atoms with Gasteiger partial charge in [0.2, 0.25) is 0 Å². The van der Waals surface area contributed by atoms with Gasteiger partial charge in [-0.2, -0.15) is 0 Å². The molecule has 3 heteroatoms. The van der Waals surface area contributed by atoms with Gasteiger partial charge in [0.05, 0.1) is 10.9 Å². The van der Waals surface area contributed by atoms with Crippen molar-refractivity contribution in [3.63, 3.8) is 0 Å². The molecule has 2 nitrogen and oxygen atoms in total. The van der Waals surface area contributed by atoms with Crippen molar-refractivity contribution in [2.24, 2.45) is 0 Å². The highest BCUT2D eigenvalue weighted by Crippen LogP contribution is 2.14. The Balaban J connectivity index is 2.13. The molecule has 1 aromatic carbocycles. The lowest BCUT2D eigenvalue weighted by Gasteiger charge is -2.09. The summed E-state index contributed by atoms with van der Waals surface area (Å²) in [6.45, 7) is 2.83. The lowest BCUT2D eigenvalue weighted by Crippen LogP contribution is -2.13. The Morgan fingerprint density at radius 1 is 1.25 bits per heavy atom. The lowest BCUT2D eigenvalue weighted by molar-refractivity contribution is 0.841. The highest BCUT2D eigenvalue weighted by atomic mass is 35.5. The molecular formula is C13H15ClN2. The van der Waals surface area contributed by atoms with Crippen LogP contribution in [0.25, 0.3) is 10.9 Å². The maximum absolute atomic E-state index is 6.04. The first-order chi connectivity index (χ1) is 7.79. The number of nitrogens with one attached hydrogen (secondary N) is 1. The molecule has 1 N–H and O–H groups in total. The summed E-state index contributed by atoms with van der Waals surface area (Å²) in [6, 6.07) is 12.1. The molecule has 0 aliphatic rings. The number of hydrogen-bond acceptors (Lipinski definition) is 2. The fourth-order valence-electron chi connectivity index (χ4n) is 1.52. The summed E-state index contributed by atoms with van der Waals surface area (Å²) >= 11 is 6.04. The molecule has 1 aromatic heterocycles. The summed E-state index contributed by atoms with van der Waals surface area (Å²) in [5, 5.41) is 4.56. The van der Waals surface area contributed by atoms with Gasteiger partial charge in [0.1, 0.15) is 5.82 Å². The van der Waals surface area contributed by atoms with Gasteiger partial charge in [0, 0.05) is 11.9 Å². The Hall–Kier alpha value is -1.28. The number of pyridine rings is 1. The number of aromatic nitrogens is 1. The first kappa shape index (κ1) is 11.2. The van der Waals surface area contributed by atoms with Gasteiger partial charge in [-0.3, -0.25) is 0 Å². The van der Waals surface area contributed by atoms with Gasteiger partial charge in [0.15, 0.2) is 0 Å². The third-order valence-corrected chi connectivity index (χ3v) is 3.01. The summed E-state index contributed by atoms with van der Waals surface area (Å²) in [6.07, 6.45) is 0.960. The van der Waals surface area contributed by atoms with Crippen LogP contribution >= 0.6 is 11.6 Å². The summed E-state index contributed by atoms with van der Waals surface area (Å²) in [4.78, 5) is 4.51. The summed E-state index contributed by atoms with van der Waals surface area (Å²) < 4.78 is 0. The maximum Gasteiger partial charge on any atom is 0.126 e. The Kier molecular flexibility index (Phi) is 3.62. The molecule has 0 saturated carbocycles. The van der Waals surface area contributed by atoms with Gasteiger partial charge in [-0.1, -0.05) is 25.1 Å². The van der Waals surface area contributed by atoms with Crippen molar-refractivity contribution in [2.45, 2.75) is 18.7 Å². The normalized spacial score (nSPS) is 12.6. The number of fused-ring (bicyclic) bond motifs is 1. The molecule has 2 aromatic rings. The van der Waals surface area contributed by atoms with Crippen LogP contribution in [0.4, 0.5) is 5.82 Å². The zero-order chi connectivity index (χ0) is 11.4. The molecule has 0 spiro atoms. The molecule has 1 unspecified atom stereocenters. The van der Waals surface area contributed by atoms with E-state index in [0.717, 1.165) is 29.7 Å². The van der Waals surface area contributed by atoms with Crippen molar-refractivity contribution < 1.29 is 0 Å². The molecule has 0 aliphatic heterocycles. The molecule has 0 fully saturated rings. The molecule has 1 heterocycles. The van der Waals surface area contributed by atoms with Crippen LogP contribution in [0, 0.1) is 0 Å². The molecule has 16 heavy (non-hydrogen) atoms.